The summed E-state index contributed by atoms with van der Waals surface area (Å²) < 4.78 is 11.8. The number of allylic oxidation sites excluding steroid dienone is 1. The molecule has 2 N–H and O–H groups in total. The van der Waals surface area contributed by atoms with Crippen LogP contribution >= 0.6 is 0 Å². The van der Waals surface area contributed by atoms with Gasteiger partial charge in [-0.25, -0.2) is 4.79 Å². The maximum absolute atomic E-state index is 12.4. The maximum Gasteiger partial charge on any atom is 0.412 e. The van der Waals surface area contributed by atoms with E-state index in [2.05, 4.69) is 21.8 Å². The number of piperidine rings is 1. The summed E-state index contributed by atoms with van der Waals surface area (Å²) in [6.07, 6.45) is 0.849. The Balaban J connectivity index is 1.63. The van der Waals surface area contributed by atoms with Gasteiger partial charge in [0.05, 0.1) is 42.2 Å². The third-order valence-electron chi connectivity index (χ3n) is 4.92. The minimum atomic E-state index is -0.729. The largest absolute Gasteiger partial charge is 0.495 e. The molecule has 3 rings (SSSR count). The zero-order valence-electron chi connectivity index (χ0n) is 16.6. The van der Waals surface area contributed by atoms with Crippen molar-refractivity contribution in [3.05, 3.63) is 47.1 Å². The molecule has 0 unspecified atom stereocenters. The molecule has 9 heteroatoms. The number of nitrogens with zero attached hydrogens (tertiary/aromatic N) is 3. The van der Waals surface area contributed by atoms with Crippen molar-refractivity contribution in [1.29, 1.82) is 0 Å². The smallest absolute Gasteiger partial charge is 0.412 e. The average Bonchev–Trinajstić information content (AvgIpc) is 2.68. The van der Waals surface area contributed by atoms with E-state index < -0.39 is 12.2 Å². The molecular weight excluding hydrogens is 376 g/mol. The minimum absolute atomic E-state index is 0.118. The van der Waals surface area contributed by atoms with E-state index in [1.54, 1.807) is 36.9 Å². The monoisotopic (exact) mass is 402 g/mol. The van der Waals surface area contributed by atoms with Crippen LogP contribution in [-0.2, 0) is 11.3 Å². The highest BCUT2D eigenvalue weighted by Gasteiger charge is 2.29. The number of aliphatic hydroxyl groups is 1. The summed E-state index contributed by atoms with van der Waals surface area (Å²) in [4.78, 5) is 30.5. The predicted octanol–water partition coefficient (Wildman–Crippen LogP) is 1.10. The number of likely N-dealkylation sites (tertiary alicyclic amines) is 1. The van der Waals surface area contributed by atoms with Gasteiger partial charge in [-0.05, 0) is 19.4 Å². The third kappa shape index (κ3) is 5.12. The molecule has 2 aromatic rings. The lowest BCUT2D eigenvalue weighted by Crippen LogP contribution is -2.54. The van der Waals surface area contributed by atoms with Crippen molar-refractivity contribution in [2.75, 3.05) is 26.7 Å². The number of carbonyl (C=O) groups is 1. The summed E-state index contributed by atoms with van der Waals surface area (Å²) in [5.41, 5.74) is 1.30. The van der Waals surface area contributed by atoms with Crippen LogP contribution in [0.4, 0.5) is 4.79 Å². The number of hydrogen-bond acceptors (Lipinski definition) is 7. The average molecular weight is 402 g/mol. The van der Waals surface area contributed by atoms with Gasteiger partial charge < -0.3 is 24.5 Å². The Morgan fingerprint density at radius 1 is 1.41 bits per heavy atom. The molecule has 1 saturated heterocycles. The van der Waals surface area contributed by atoms with Crippen molar-refractivity contribution in [2.45, 2.75) is 32.0 Å². The van der Waals surface area contributed by atoms with Crippen LogP contribution in [0.25, 0.3) is 11.0 Å². The number of amides is 1. The Hall–Kier alpha value is -2.91. The molecule has 9 nitrogen and oxygen atoms in total. The van der Waals surface area contributed by atoms with Gasteiger partial charge in [0.2, 0.25) is 0 Å². The number of β-amino-alcohol motifs (C(OH)–C–C–N with tert-alkyl or cyclic N) is 1. The number of aromatic nitrogens is 2. The molecule has 2 aromatic heterocycles. The van der Waals surface area contributed by atoms with Gasteiger partial charge in [0, 0.05) is 38.3 Å². The number of alkyl carbamates (subject to hydrolysis) is 1. The molecule has 0 aromatic carbocycles. The Morgan fingerprint density at radius 3 is 2.90 bits per heavy atom. The first-order chi connectivity index (χ1) is 13.9. The zero-order valence-corrected chi connectivity index (χ0v) is 16.6. The Morgan fingerprint density at radius 2 is 2.21 bits per heavy atom. The zero-order chi connectivity index (χ0) is 21.0. The first-order valence-corrected chi connectivity index (χ1v) is 9.45. The molecule has 1 aliphatic heterocycles. The molecule has 1 fully saturated rings. The Labute approximate surface area is 168 Å². The Bertz CT molecular complexity index is 958. The quantitative estimate of drug-likeness (QED) is 0.697. The van der Waals surface area contributed by atoms with E-state index in [0.29, 0.717) is 55.1 Å². The first-order valence-electron chi connectivity index (χ1n) is 9.45. The molecule has 1 aliphatic rings. The van der Waals surface area contributed by atoms with E-state index >= 15 is 0 Å². The second-order valence-electron chi connectivity index (χ2n) is 7.10. The van der Waals surface area contributed by atoms with Gasteiger partial charge in [-0.2, -0.15) is 0 Å². The van der Waals surface area contributed by atoms with E-state index in [1.165, 1.54) is 6.07 Å². The summed E-state index contributed by atoms with van der Waals surface area (Å²) in [5, 5.41) is 13.0. The lowest BCUT2D eigenvalue weighted by atomic mass is 10.0. The van der Waals surface area contributed by atoms with Gasteiger partial charge in [0.15, 0.2) is 0 Å². The second-order valence-corrected chi connectivity index (χ2v) is 7.10. The molecular formula is C20H26N4O5. The first kappa shape index (κ1) is 20.8. The van der Waals surface area contributed by atoms with Crippen LogP contribution in [0.1, 0.15) is 13.3 Å². The summed E-state index contributed by atoms with van der Waals surface area (Å²) in [6, 6.07) is 4.60. The van der Waals surface area contributed by atoms with Crippen molar-refractivity contribution in [3.63, 3.8) is 0 Å². The molecule has 156 valence electrons. The lowest BCUT2D eigenvalue weighted by Gasteiger charge is -2.36. The number of hydrogen-bond donors (Lipinski definition) is 2. The van der Waals surface area contributed by atoms with E-state index in [4.69, 9.17) is 9.47 Å². The van der Waals surface area contributed by atoms with Gasteiger partial charge in [-0.15, -0.1) is 0 Å². The summed E-state index contributed by atoms with van der Waals surface area (Å²) in [5.74, 6) is 0.877. The van der Waals surface area contributed by atoms with Gasteiger partial charge in [0.1, 0.15) is 5.75 Å². The van der Waals surface area contributed by atoms with Crippen LogP contribution in [0, 0.1) is 0 Å². The van der Waals surface area contributed by atoms with Crippen LogP contribution < -0.4 is 15.6 Å². The molecule has 0 bridgehead atoms. The fourth-order valence-electron chi connectivity index (χ4n) is 3.44. The van der Waals surface area contributed by atoms with Crippen molar-refractivity contribution in [2.24, 2.45) is 0 Å². The predicted molar refractivity (Wildman–Crippen MR) is 108 cm³/mol. The van der Waals surface area contributed by atoms with E-state index in [0.717, 1.165) is 0 Å². The van der Waals surface area contributed by atoms with Crippen molar-refractivity contribution in [3.8, 4) is 5.75 Å². The van der Waals surface area contributed by atoms with Crippen molar-refractivity contribution >= 4 is 17.1 Å². The Kier molecular flexibility index (Phi) is 6.50. The van der Waals surface area contributed by atoms with Gasteiger partial charge in [0.25, 0.3) is 5.56 Å². The molecule has 0 spiro atoms. The number of pyridine rings is 2. The molecule has 0 radical (unpaired) electrons. The van der Waals surface area contributed by atoms with Crippen molar-refractivity contribution < 1.29 is 19.4 Å². The highest BCUT2D eigenvalue weighted by molar-refractivity contribution is 5.75. The topological polar surface area (TPSA) is 106 Å². The summed E-state index contributed by atoms with van der Waals surface area (Å²) >= 11 is 0. The SMILES string of the molecule is C=C(C)OC(=O)N[C@H]1CCN(CCn2c(=O)ccc3ncc(OC)cc32)C[C@H]1O. The van der Waals surface area contributed by atoms with Gasteiger partial charge >= 0.3 is 6.09 Å². The van der Waals surface area contributed by atoms with E-state index in [9.17, 15) is 14.7 Å². The molecule has 0 saturated carbocycles. The van der Waals surface area contributed by atoms with E-state index in [-0.39, 0.29) is 11.6 Å². The number of fused-ring (bicyclic) bond motifs is 1. The number of carbonyl (C=O) groups excluding carboxylic acids is 1. The second kappa shape index (κ2) is 9.06. The van der Waals surface area contributed by atoms with Gasteiger partial charge in [-0.1, -0.05) is 6.58 Å². The minimum Gasteiger partial charge on any atom is -0.495 e. The van der Waals surface area contributed by atoms with Crippen LogP contribution in [0.15, 0.2) is 41.5 Å². The fraction of sp³-hybridized carbons (Fsp3) is 0.450. The number of methoxy groups -OCH3 is 1. The highest BCUT2D eigenvalue weighted by Crippen LogP contribution is 2.17. The van der Waals surface area contributed by atoms with Crippen LogP contribution in [0.2, 0.25) is 0 Å². The van der Waals surface area contributed by atoms with Crippen LogP contribution in [-0.4, -0.2) is 64.5 Å². The standard InChI is InChI=1S/C20H26N4O5/c1-13(2)29-20(27)22-16-6-7-23(12-18(16)25)8-9-24-17-10-14(28-3)11-21-15(17)4-5-19(24)26/h4-5,10-11,16,18,25H,1,6-9,12H2,2-3H3,(H,22,27)/t16-,18+/m0/s1. The summed E-state index contributed by atoms with van der Waals surface area (Å²) in [7, 11) is 1.56. The molecule has 1 amide bonds. The van der Waals surface area contributed by atoms with Crippen LogP contribution in [0.3, 0.4) is 0 Å². The number of rotatable bonds is 6. The van der Waals surface area contributed by atoms with Crippen molar-refractivity contribution in [1.82, 2.24) is 19.8 Å². The number of nitrogens with one attached hydrogen (secondary N) is 1. The summed E-state index contributed by atoms with van der Waals surface area (Å²) in [6.45, 7) is 7.20. The maximum atomic E-state index is 12.4. The normalized spacial score (nSPS) is 19.7. The van der Waals surface area contributed by atoms with Gasteiger partial charge in [-0.3, -0.25) is 14.7 Å². The molecule has 2 atom stereocenters. The van der Waals surface area contributed by atoms with E-state index in [1.807, 2.05) is 0 Å². The highest BCUT2D eigenvalue weighted by atomic mass is 16.6. The molecule has 29 heavy (non-hydrogen) atoms. The molecule has 3 heterocycles. The third-order valence-corrected chi connectivity index (χ3v) is 4.92. The fourth-order valence-corrected chi connectivity index (χ4v) is 3.44. The lowest BCUT2D eigenvalue weighted by molar-refractivity contribution is 0.0385. The van der Waals surface area contributed by atoms with Crippen LogP contribution in [0.5, 0.6) is 5.75 Å². The number of aliphatic hydroxyl groups excluding tert-OH is 1. The number of ether oxygens (including phenoxy) is 2. The molecule has 0 aliphatic carbocycles.